The van der Waals surface area contributed by atoms with Gasteiger partial charge in [-0.3, -0.25) is 25.0 Å². The van der Waals surface area contributed by atoms with E-state index in [1.54, 1.807) is 24.3 Å². The third kappa shape index (κ3) is 5.13. The molecule has 1 saturated heterocycles. The van der Waals surface area contributed by atoms with Crippen LogP contribution in [0.15, 0.2) is 48.0 Å². The Hall–Kier alpha value is -3.43. The van der Waals surface area contributed by atoms with Crippen LogP contribution in [0.1, 0.15) is 5.56 Å². The van der Waals surface area contributed by atoms with E-state index in [4.69, 9.17) is 33.3 Å². The highest BCUT2D eigenvalue weighted by molar-refractivity contribution is 7.80. The van der Waals surface area contributed by atoms with Crippen LogP contribution >= 0.6 is 23.8 Å². The topological polar surface area (TPSA) is 106 Å². The Morgan fingerprint density at radius 3 is 2.47 bits per heavy atom. The fourth-order valence-corrected chi connectivity index (χ4v) is 3.05. The van der Waals surface area contributed by atoms with Gasteiger partial charge in [0.05, 0.1) is 12.1 Å². The molecule has 1 fully saturated rings. The number of halogens is 1. The molecular formula is C20H16ClN3O5S. The van der Waals surface area contributed by atoms with Gasteiger partial charge in [-0.15, -0.1) is 0 Å². The van der Waals surface area contributed by atoms with Crippen molar-refractivity contribution in [1.82, 2.24) is 10.6 Å². The number of ether oxygens (including phenoxy) is 2. The van der Waals surface area contributed by atoms with Crippen molar-refractivity contribution in [2.45, 2.75) is 0 Å². The van der Waals surface area contributed by atoms with Crippen LogP contribution in [-0.4, -0.2) is 36.6 Å². The highest BCUT2D eigenvalue weighted by atomic mass is 35.5. The summed E-state index contributed by atoms with van der Waals surface area (Å²) in [5.41, 5.74) is 0.915. The van der Waals surface area contributed by atoms with Gasteiger partial charge in [0, 0.05) is 5.69 Å². The van der Waals surface area contributed by atoms with Crippen molar-refractivity contribution in [3.05, 3.63) is 58.6 Å². The molecule has 1 aliphatic rings. The summed E-state index contributed by atoms with van der Waals surface area (Å²) in [6.07, 6.45) is 1.34. The second-order valence-corrected chi connectivity index (χ2v) is 6.85. The monoisotopic (exact) mass is 445 g/mol. The molecule has 0 radical (unpaired) electrons. The number of benzene rings is 2. The maximum atomic E-state index is 12.1. The van der Waals surface area contributed by atoms with Gasteiger partial charge in [-0.05, 0) is 48.1 Å². The van der Waals surface area contributed by atoms with Crippen molar-refractivity contribution in [2.24, 2.45) is 0 Å². The summed E-state index contributed by atoms with van der Waals surface area (Å²) in [4.78, 5) is 36.1. The summed E-state index contributed by atoms with van der Waals surface area (Å²) < 4.78 is 10.8. The van der Waals surface area contributed by atoms with Crippen LogP contribution in [0, 0.1) is 0 Å². The van der Waals surface area contributed by atoms with Gasteiger partial charge in [0.15, 0.2) is 23.2 Å². The standard InChI is InChI=1S/C20H16ClN3O5S/c1-28-15-9-11(7-13-18(26)23-20(30)24-19(13)27)8-14(21)17(15)29-10-16(25)22-12-5-3-2-4-6-12/h2-9H,10H2,1H3,(H,22,25)(H2,23,24,26,27,30). The normalized spacial score (nSPS) is 13.3. The summed E-state index contributed by atoms with van der Waals surface area (Å²) in [5, 5.41) is 7.46. The molecule has 2 aromatic carbocycles. The molecule has 0 atom stereocenters. The molecule has 3 rings (SSSR count). The van der Waals surface area contributed by atoms with E-state index in [1.807, 2.05) is 6.07 Å². The van der Waals surface area contributed by atoms with Crippen LogP contribution in [0.25, 0.3) is 6.08 Å². The molecule has 8 nitrogen and oxygen atoms in total. The number of hydrogen-bond donors (Lipinski definition) is 3. The van der Waals surface area contributed by atoms with Crippen molar-refractivity contribution < 1.29 is 23.9 Å². The number of para-hydroxylation sites is 1. The highest BCUT2D eigenvalue weighted by Crippen LogP contribution is 2.37. The van der Waals surface area contributed by atoms with E-state index in [0.29, 0.717) is 11.3 Å². The zero-order valence-electron chi connectivity index (χ0n) is 15.7. The van der Waals surface area contributed by atoms with E-state index in [-0.39, 0.29) is 39.7 Å². The first-order valence-electron chi connectivity index (χ1n) is 8.61. The predicted octanol–water partition coefficient (Wildman–Crippen LogP) is 2.28. The van der Waals surface area contributed by atoms with Crippen molar-refractivity contribution >= 4 is 58.4 Å². The number of anilines is 1. The smallest absolute Gasteiger partial charge is 0.263 e. The molecule has 0 unspecified atom stereocenters. The van der Waals surface area contributed by atoms with Gasteiger partial charge in [0.2, 0.25) is 0 Å². The molecule has 3 amide bonds. The van der Waals surface area contributed by atoms with Crippen molar-refractivity contribution in [2.75, 3.05) is 19.0 Å². The fourth-order valence-electron chi connectivity index (χ4n) is 2.59. The minimum atomic E-state index is -0.628. The maximum Gasteiger partial charge on any atom is 0.263 e. The van der Waals surface area contributed by atoms with Crippen LogP contribution in [0.2, 0.25) is 5.02 Å². The first-order valence-corrected chi connectivity index (χ1v) is 9.39. The zero-order valence-corrected chi connectivity index (χ0v) is 17.2. The molecule has 0 saturated carbocycles. The highest BCUT2D eigenvalue weighted by Gasteiger charge is 2.26. The molecule has 0 aromatic heterocycles. The number of rotatable bonds is 6. The van der Waals surface area contributed by atoms with E-state index >= 15 is 0 Å². The Bertz CT molecular complexity index is 1030. The van der Waals surface area contributed by atoms with Gasteiger partial charge >= 0.3 is 0 Å². The first kappa shape index (κ1) is 21.3. The summed E-state index contributed by atoms with van der Waals surface area (Å²) in [7, 11) is 1.40. The van der Waals surface area contributed by atoms with Crippen LogP contribution in [0.5, 0.6) is 11.5 Å². The Labute approximate surface area is 182 Å². The van der Waals surface area contributed by atoms with Gasteiger partial charge in [0.1, 0.15) is 5.57 Å². The van der Waals surface area contributed by atoms with Crippen molar-refractivity contribution in [3.8, 4) is 11.5 Å². The van der Waals surface area contributed by atoms with Gasteiger partial charge in [-0.2, -0.15) is 0 Å². The number of hydrogen-bond acceptors (Lipinski definition) is 6. The Kier molecular flexibility index (Phi) is 6.65. The van der Waals surface area contributed by atoms with Crippen LogP contribution in [0.4, 0.5) is 5.69 Å². The second kappa shape index (κ2) is 9.38. The summed E-state index contributed by atoms with van der Waals surface area (Å²) >= 11 is 11.0. The lowest BCUT2D eigenvalue weighted by Crippen LogP contribution is -2.51. The lowest BCUT2D eigenvalue weighted by Gasteiger charge is -2.17. The fraction of sp³-hybridized carbons (Fsp3) is 0.100. The molecule has 154 valence electrons. The molecule has 0 aliphatic carbocycles. The maximum absolute atomic E-state index is 12.1. The van der Waals surface area contributed by atoms with Crippen molar-refractivity contribution in [1.29, 1.82) is 0 Å². The van der Waals surface area contributed by atoms with Gasteiger partial charge in [-0.1, -0.05) is 29.8 Å². The molecule has 1 aliphatic heterocycles. The average Bonchev–Trinajstić information content (AvgIpc) is 2.70. The van der Waals surface area contributed by atoms with E-state index < -0.39 is 11.8 Å². The average molecular weight is 446 g/mol. The van der Waals surface area contributed by atoms with Crippen LogP contribution in [-0.2, 0) is 14.4 Å². The van der Waals surface area contributed by atoms with Gasteiger partial charge < -0.3 is 14.8 Å². The van der Waals surface area contributed by atoms with Crippen LogP contribution in [0.3, 0.4) is 0 Å². The van der Waals surface area contributed by atoms with Crippen molar-refractivity contribution in [3.63, 3.8) is 0 Å². The van der Waals surface area contributed by atoms with E-state index in [1.165, 1.54) is 25.3 Å². The molecule has 0 bridgehead atoms. The number of carbonyl (C=O) groups excluding carboxylic acids is 3. The quantitative estimate of drug-likeness (QED) is 0.358. The van der Waals surface area contributed by atoms with E-state index in [2.05, 4.69) is 16.0 Å². The SMILES string of the molecule is COc1cc(C=C2C(=O)NC(=S)NC2=O)cc(Cl)c1OCC(=O)Nc1ccccc1. The first-order chi connectivity index (χ1) is 14.4. The summed E-state index contributed by atoms with van der Waals surface area (Å²) in [5.74, 6) is -1.25. The minimum absolute atomic E-state index is 0.0599. The Morgan fingerprint density at radius 1 is 1.17 bits per heavy atom. The molecule has 0 spiro atoms. The second-order valence-electron chi connectivity index (χ2n) is 6.03. The number of amides is 3. The molecular weight excluding hydrogens is 430 g/mol. The van der Waals surface area contributed by atoms with Gasteiger partial charge in [-0.25, -0.2) is 0 Å². The number of nitrogens with one attached hydrogen (secondary N) is 3. The third-order valence-corrected chi connectivity index (χ3v) is 4.40. The zero-order chi connectivity index (χ0) is 21.7. The molecule has 2 aromatic rings. The Morgan fingerprint density at radius 2 is 1.83 bits per heavy atom. The van der Waals surface area contributed by atoms with E-state index in [9.17, 15) is 14.4 Å². The van der Waals surface area contributed by atoms with Crippen LogP contribution < -0.4 is 25.4 Å². The molecule has 10 heteroatoms. The molecule has 30 heavy (non-hydrogen) atoms. The lowest BCUT2D eigenvalue weighted by atomic mass is 10.1. The largest absolute Gasteiger partial charge is 0.493 e. The summed E-state index contributed by atoms with van der Waals surface area (Å²) in [6, 6.07) is 11.9. The van der Waals surface area contributed by atoms with Gasteiger partial charge in [0.25, 0.3) is 17.7 Å². The van der Waals surface area contributed by atoms with E-state index in [0.717, 1.165) is 0 Å². The summed E-state index contributed by atoms with van der Waals surface area (Å²) in [6.45, 7) is -0.298. The Balaban J connectivity index is 1.76. The number of thiocarbonyl (C=S) groups is 1. The lowest BCUT2D eigenvalue weighted by molar-refractivity contribution is -0.123. The minimum Gasteiger partial charge on any atom is -0.493 e. The predicted molar refractivity (Wildman–Crippen MR) is 115 cm³/mol. The molecule has 1 heterocycles. The number of methoxy groups -OCH3 is 1. The third-order valence-electron chi connectivity index (χ3n) is 3.91. The number of carbonyl (C=O) groups is 3. The molecule has 3 N–H and O–H groups in total.